The molecular formula is C27H47NO. The number of nitriles is 1. The standard InChI is InChI=1S/C27H47NO/c1-3-5-6-7-8-22-9-11-23(12-10-22)24-17-19-27(21-28,20-18-24)25-13-15-26(16-14-25)29-4-2/h22-26H,3-20H2,1-2H3/t22?,23?,24-,25?,26?,27-. The van der Waals surface area contributed by atoms with Crippen molar-refractivity contribution < 1.29 is 4.74 Å². The summed E-state index contributed by atoms with van der Waals surface area (Å²) in [7, 11) is 0. The second-order valence-electron chi connectivity index (χ2n) is 10.7. The fourth-order valence-electron chi connectivity index (χ4n) is 7.06. The van der Waals surface area contributed by atoms with Crippen molar-refractivity contribution in [1.29, 1.82) is 5.26 Å². The first-order valence-electron chi connectivity index (χ1n) is 13.2. The van der Waals surface area contributed by atoms with Crippen LogP contribution in [0.1, 0.15) is 123 Å². The van der Waals surface area contributed by atoms with Gasteiger partial charge >= 0.3 is 0 Å². The summed E-state index contributed by atoms with van der Waals surface area (Å²) >= 11 is 0. The number of nitrogens with zero attached hydrogens (tertiary/aromatic N) is 1. The molecule has 29 heavy (non-hydrogen) atoms. The Morgan fingerprint density at radius 1 is 0.793 bits per heavy atom. The van der Waals surface area contributed by atoms with E-state index in [0.29, 0.717) is 12.0 Å². The summed E-state index contributed by atoms with van der Waals surface area (Å²) < 4.78 is 5.84. The van der Waals surface area contributed by atoms with Crippen LogP contribution < -0.4 is 0 Å². The topological polar surface area (TPSA) is 33.0 Å². The number of rotatable bonds is 9. The molecule has 0 aromatic heterocycles. The highest BCUT2D eigenvalue weighted by atomic mass is 16.5. The van der Waals surface area contributed by atoms with E-state index >= 15 is 0 Å². The molecule has 3 saturated carbocycles. The Kier molecular flexibility index (Phi) is 9.36. The molecule has 3 aliphatic carbocycles. The second kappa shape index (κ2) is 11.7. The lowest BCUT2D eigenvalue weighted by atomic mass is 9.58. The van der Waals surface area contributed by atoms with E-state index in [1.54, 1.807) is 0 Å². The number of hydrogen-bond acceptors (Lipinski definition) is 2. The van der Waals surface area contributed by atoms with Gasteiger partial charge in [0.15, 0.2) is 0 Å². The fraction of sp³-hybridized carbons (Fsp3) is 0.963. The van der Waals surface area contributed by atoms with Crippen LogP contribution in [0.4, 0.5) is 0 Å². The maximum Gasteiger partial charge on any atom is 0.0692 e. The zero-order valence-electron chi connectivity index (χ0n) is 19.5. The summed E-state index contributed by atoms with van der Waals surface area (Å²) in [5.41, 5.74) is -0.00976. The first-order valence-corrected chi connectivity index (χ1v) is 13.2. The Morgan fingerprint density at radius 3 is 2.03 bits per heavy atom. The summed E-state index contributed by atoms with van der Waals surface area (Å²) in [4.78, 5) is 0. The number of hydrogen-bond donors (Lipinski definition) is 0. The molecule has 0 spiro atoms. The van der Waals surface area contributed by atoms with E-state index in [0.717, 1.165) is 24.4 Å². The molecule has 166 valence electrons. The Hall–Kier alpha value is -0.550. The molecule has 2 nitrogen and oxygen atoms in total. The van der Waals surface area contributed by atoms with E-state index < -0.39 is 0 Å². The van der Waals surface area contributed by atoms with Gasteiger partial charge < -0.3 is 4.74 Å². The summed E-state index contributed by atoms with van der Waals surface area (Å²) in [6.45, 7) is 5.24. The van der Waals surface area contributed by atoms with Gasteiger partial charge in [0.25, 0.3) is 0 Å². The van der Waals surface area contributed by atoms with Crippen LogP contribution in [0.15, 0.2) is 0 Å². The van der Waals surface area contributed by atoms with Gasteiger partial charge in [-0.1, -0.05) is 51.9 Å². The summed E-state index contributed by atoms with van der Waals surface area (Å²) in [5.74, 6) is 3.53. The fourth-order valence-corrected chi connectivity index (χ4v) is 7.06. The van der Waals surface area contributed by atoms with Crippen LogP contribution >= 0.6 is 0 Å². The third-order valence-electron chi connectivity index (χ3n) is 9.03. The van der Waals surface area contributed by atoms with Crippen molar-refractivity contribution in [2.24, 2.45) is 29.1 Å². The highest BCUT2D eigenvalue weighted by molar-refractivity contribution is 5.06. The van der Waals surface area contributed by atoms with Crippen LogP contribution in [0.2, 0.25) is 0 Å². The van der Waals surface area contributed by atoms with Gasteiger partial charge in [0.2, 0.25) is 0 Å². The van der Waals surface area contributed by atoms with Crippen LogP contribution in [-0.4, -0.2) is 12.7 Å². The molecule has 0 aromatic rings. The second-order valence-corrected chi connectivity index (χ2v) is 10.7. The molecule has 0 unspecified atom stereocenters. The van der Waals surface area contributed by atoms with E-state index in [9.17, 15) is 5.26 Å². The van der Waals surface area contributed by atoms with Gasteiger partial charge in [-0.15, -0.1) is 0 Å². The highest BCUT2D eigenvalue weighted by Crippen LogP contribution is 2.52. The quantitative estimate of drug-likeness (QED) is 0.366. The molecule has 0 atom stereocenters. The van der Waals surface area contributed by atoms with E-state index in [1.807, 2.05) is 0 Å². The molecule has 3 rings (SSSR count). The highest BCUT2D eigenvalue weighted by Gasteiger charge is 2.44. The molecule has 0 aromatic carbocycles. The zero-order valence-corrected chi connectivity index (χ0v) is 19.5. The van der Waals surface area contributed by atoms with Gasteiger partial charge in [0.1, 0.15) is 0 Å². The van der Waals surface area contributed by atoms with E-state index in [2.05, 4.69) is 19.9 Å². The maximum atomic E-state index is 10.1. The van der Waals surface area contributed by atoms with E-state index in [1.165, 1.54) is 109 Å². The largest absolute Gasteiger partial charge is 0.379 e. The molecular weight excluding hydrogens is 354 g/mol. The molecule has 0 saturated heterocycles. The first-order chi connectivity index (χ1) is 14.2. The summed E-state index contributed by atoms with van der Waals surface area (Å²) in [5, 5.41) is 10.1. The minimum atomic E-state index is -0.00976. The minimum absolute atomic E-state index is 0.00976. The SMILES string of the molecule is CCCCCCC1CCC([C@H]2CC[C@](C#N)(C3CCC(OCC)CC3)CC2)CC1. The van der Waals surface area contributed by atoms with E-state index in [-0.39, 0.29) is 5.41 Å². The Bertz CT molecular complexity index is 485. The molecule has 0 N–H and O–H groups in total. The molecule has 0 radical (unpaired) electrons. The Morgan fingerprint density at radius 2 is 1.45 bits per heavy atom. The van der Waals surface area contributed by atoms with Crippen molar-refractivity contribution in [2.75, 3.05) is 6.61 Å². The molecule has 0 heterocycles. The van der Waals surface area contributed by atoms with Crippen molar-refractivity contribution in [2.45, 2.75) is 129 Å². The normalized spacial score (nSPS) is 38.4. The van der Waals surface area contributed by atoms with Crippen LogP contribution in [0.25, 0.3) is 0 Å². The third kappa shape index (κ3) is 6.22. The van der Waals surface area contributed by atoms with Crippen molar-refractivity contribution in [3.05, 3.63) is 0 Å². The van der Waals surface area contributed by atoms with Crippen molar-refractivity contribution in [3.63, 3.8) is 0 Å². The average molecular weight is 402 g/mol. The molecule has 0 bridgehead atoms. The monoisotopic (exact) mass is 401 g/mol. The predicted octanol–water partition coefficient (Wildman–Crippen LogP) is 8.06. The first kappa shape index (κ1) is 23.1. The van der Waals surface area contributed by atoms with Gasteiger partial charge in [0.05, 0.1) is 17.6 Å². The van der Waals surface area contributed by atoms with Crippen LogP contribution in [-0.2, 0) is 4.74 Å². The van der Waals surface area contributed by atoms with Crippen LogP contribution in [0, 0.1) is 40.4 Å². The Labute approximate surface area is 181 Å². The molecule has 3 fully saturated rings. The van der Waals surface area contributed by atoms with Crippen LogP contribution in [0.5, 0.6) is 0 Å². The lowest BCUT2D eigenvalue weighted by molar-refractivity contribution is -0.00233. The Balaban J connectivity index is 1.40. The van der Waals surface area contributed by atoms with Gasteiger partial charge in [-0.2, -0.15) is 5.26 Å². The number of unbranched alkanes of at least 4 members (excludes halogenated alkanes) is 3. The average Bonchev–Trinajstić information content (AvgIpc) is 2.78. The van der Waals surface area contributed by atoms with Gasteiger partial charge in [0, 0.05) is 6.61 Å². The van der Waals surface area contributed by atoms with Gasteiger partial charge in [-0.05, 0) is 94.8 Å². The zero-order chi connectivity index (χ0) is 20.5. The van der Waals surface area contributed by atoms with Gasteiger partial charge in [-0.25, -0.2) is 0 Å². The third-order valence-corrected chi connectivity index (χ3v) is 9.03. The summed E-state index contributed by atoms with van der Waals surface area (Å²) in [6.07, 6.45) is 23.3. The van der Waals surface area contributed by atoms with E-state index in [4.69, 9.17) is 4.74 Å². The molecule has 0 aliphatic heterocycles. The lowest BCUT2D eigenvalue weighted by Gasteiger charge is -2.45. The van der Waals surface area contributed by atoms with Crippen LogP contribution in [0.3, 0.4) is 0 Å². The maximum absolute atomic E-state index is 10.1. The van der Waals surface area contributed by atoms with Crippen molar-refractivity contribution >= 4 is 0 Å². The minimum Gasteiger partial charge on any atom is -0.379 e. The summed E-state index contributed by atoms with van der Waals surface area (Å²) in [6, 6.07) is 2.86. The number of ether oxygens (including phenoxy) is 1. The van der Waals surface area contributed by atoms with Gasteiger partial charge in [-0.3, -0.25) is 0 Å². The molecule has 0 amide bonds. The van der Waals surface area contributed by atoms with Crippen molar-refractivity contribution in [1.82, 2.24) is 0 Å². The lowest BCUT2D eigenvalue weighted by Crippen LogP contribution is -2.38. The molecule has 3 aliphatic rings. The van der Waals surface area contributed by atoms with Crippen molar-refractivity contribution in [3.8, 4) is 6.07 Å². The predicted molar refractivity (Wildman–Crippen MR) is 122 cm³/mol. The molecule has 2 heteroatoms. The smallest absolute Gasteiger partial charge is 0.0692 e.